The van der Waals surface area contributed by atoms with E-state index in [9.17, 15) is 4.79 Å². The molecule has 0 spiro atoms. The summed E-state index contributed by atoms with van der Waals surface area (Å²) < 4.78 is 16.9. The number of halogens is 1. The number of benzene rings is 2. The molecule has 1 amide bonds. The smallest absolute Gasteiger partial charge is 0.255 e. The number of rotatable bonds is 8. The van der Waals surface area contributed by atoms with Crippen molar-refractivity contribution in [1.29, 1.82) is 0 Å². The average Bonchev–Trinajstić information content (AvgIpc) is 2.60. The lowest BCUT2D eigenvalue weighted by Crippen LogP contribution is -2.13. The predicted molar refractivity (Wildman–Crippen MR) is 104 cm³/mol. The van der Waals surface area contributed by atoms with Crippen LogP contribution in [0, 0.1) is 6.92 Å². The van der Waals surface area contributed by atoms with Crippen molar-refractivity contribution < 1.29 is 19.0 Å². The van der Waals surface area contributed by atoms with Gasteiger partial charge in [-0.2, -0.15) is 0 Å². The molecule has 0 saturated carbocycles. The molecule has 0 fully saturated rings. The summed E-state index contributed by atoms with van der Waals surface area (Å²) in [5.41, 5.74) is 1.97. The molecule has 0 aliphatic carbocycles. The van der Waals surface area contributed by atoms with E-state index in [1.807, 2.05) is 33.8 Å². The SMILES string of the molecule is CCOc1cc(C(=O)Nc2ccc(C)cc2Cl)cc(OCC)c1OCC. The highest BCUT2D eigenvalue weighted by atomic mass is 35.5. The first-order valence-corrected chi connectivity index (χ1v) is 9.01. The first kappa shape index (κ1) is 19.9. The molecule has 0 aromatic heterocycles. The average molecular weight is 378 g/mol. The third-order valence-electron chi connectivity index (χ3n) is 3.54. The zero-order valence-corrected chi connectivity index (χ0v) is 16.3. The van der Waals surface area contributed by atoms with Crippen LogP contribution in [-0.2, 0) is 0 Å². The van der Waals surface area contributed by atoms with E-state index in [0.717, 1.165) is 5.56 Å². The van der Waals surface area contributed by atoms with Gasteiger partial charge < -0.3 is 19.5 Å². The zero-order chi connectivity index (χ0) is 19.1. The van der Waals surface area contributed by atoms with Crippen LogP contribution < -0.4 is 19.5 Å². The number of aryl methyl sites for hydroxylation is 1. The molecular weight excluding hydrogens is 354 g/mol. The van der Waals surface area contributed by atoms with Crippen molar-refractivity contribution in [2.75, 3.05) is 25.1 Å². The Morgan fingerprint density at radius 2 is 1.54 bits per heavy atom. The fraction of sp³-hybridized carbons (Fsp3) is 0.350. The fourth-order valence-electron chi connectivity index (χ4n) is 2.44. The van der Waals surface area contributed by atoms with Gasteiger partial charge in [0, 0.05) is 5.56 Å². The first-order valence-electron chi connectivity index (χ1n) is 8.64. The second kappa shape index (κ2) is 9.34. The Kier molecular flexibility index (Phi) is 7.16. The summed E-state index contributed by atoms with van der Waals surface area (Å²) in [5, 5.41) is 3.31. The quantitative estimate of drug-likeness (QED) is 0.695. The Labute approximate surface area is 159 Å². The molecule has 0 radical (unpaired) electrons. The standard InChI is InChI=1S/C20H24ClNO4/c1-5-24-17-11-14(12-18(25-6-2)19(17)26-7-3)20(23)22-16-9-8-13(4)10-15(16)21/h8-12H,5-7H2,1-4H3,(H,22,23). The van der Waals surface area contributed by atoms with Gasteiger partial charge in [-0.05, 0) is 57.5 Å². The lowest BCUT2D eigenvalue weighted by atomic mass is 10.1. The number of nitrogens with one attached hydrogen (secondary N) is 1. The lowest BCUT2D eigenvalue weighted by Gasteiger charge is -2.17. The van der Waals surface area contributed by atoms with Crippen molar-refractivity contribution in [3.05, 3.63) is 46.5 Å². The van der Waals surface area contributed by atoms with Gasteiger partial charge in [0.05, 0.1) is 30.5 Å². The number of amides is 1. The van der Waals surface area contributed by atoms with Gasteiger partial charge in [0.1, 0.15) is 0 Å². The molecule has 2 rings (SSSR count). The summed E-state index contributed by atoms with van der Waals surface area (Å²) in [7, 11) is 0. The third kappa shape index (κ3) is 4.82. The Balaban J connectivity index is 2.38. The predicted octanol–water partition coefficient (Wildman–Crippen LogP) is 5.10. The van der Waals surface area contributed by atoms with Gasteiger partial charge in [0.15, 0.2) is 11.5 Å². The second-order valence-electron chi connectivity index (χ2n) is 5.54. The summed E-state index contributed by atoms with van der Waals surface area (Å²) in [6.45, 7) is 8.91. The summed E-state index contributed by atoms with van der Waals surface area (Å²) in [4.78, 5) is 12.7. The molecule has 26 heavy (non-hydrogen) atoms. The summed E-state index contributed by atoms with van der Waals surface area (Å²) >= 11 is 6.21. The van der Waals surface area contributed by atoms with Gasteiger partial charge in [0.2, 0.25) is 5.75 Å². The van der Waals surface area contributed by atoms with Crippen molar-refractivity contribution in [2.45, 2.75) is 27.7 Å². The monoisotopic (exact) mass is 377 g/mol. The Bertz CT molecular complexity index is 749. The fourth-order valence-corrected chi connectivity index (χ4v) is 2.72. The highest BCUT2D eigenvalue weighted by molar-refractivity contribution is 6.34. The number of carbonyl (C=O) groups is 1. The van der Waals surface area contributed by atoms with Crippen LogP contribution in [0.25, 0.3) is 0 Å². The van der Waals surface area contributed by atoms with E-state index in [1.54, 1.807) is 24.3 Å². The maximum absolute atomic E-state index is 12.7. The van der Waals surface area contributed by atoms with Crippen LogP contribution in [0.1, 0.15) is 36.7 Å². The molecule has 0 aliphatic rings. The Morgan fingerprint density at radius 3 is 2.04 bits per heavy atom. The van der Waals surface area contributed by atoms with Gasteiger partial charge in [-0.1, -0.05) is 17.7 Å². The van der Waals surface area contributed by atoms with E-state index < -0.39 is 0 Å². The number of carbonyl (C=O) groups excluding carboxylic acids is 1. The Hall–Kier alpha value is -2.40. The zero-order valence-electron chi connectivity index (χ0n) is 15.5. The second-order valence-corrected chi connectivity index (χ2v) is 5.95. The molecule has 0 heterocycles. The highest BCUT2D eigenvalue weighted by Crippen LogP contribution is 2.39. The molecule has 2 aromatic carbocycles. The molecule has 1 N–H and O–H groups in total. The van der Waals surface area contributed by atoms with Crippen LogP contribution >= 0.6 is 11.6 Å². The normalized spacial score (nSPS) is 10.3. The lowest BCUT2D eigenvalue weighted by molar-refractivity contribution is 0.102. The number of ether oxygens (including phenoxy) is 3. The third-order valence-corrected chi connectivity index (χ3v) is 3.86. The van der Waals surface area contributed by atoms with Crippen molar-refractivity contribution >= 4 is 23.2 Å². The minimum atomic E-state index is -0.305. The summed E-state index contributed by atoms with van der Waals surface area (Å²) in [5.74, 6) is 1.14. The molecule has 0 saturated heterocycles. The van der Waals surface area contributed by atoms with E-state index in [0.29, 0.717) is 53.3 Å². The van der Waals surface area contributed by atoms with Crippen LogP contribution in [0.2, 0.25) is 5.02 Å². The van der Waals surface area contributed by atoms with E-state index >= 15 is 0 Å². The van der Waals surface area contributed by atoms with Crippen molar-refractivity contribution in [1.82, 2.24) is 0 Å². The molecule has 5 nitrogen and oxygen atoms in total. The molecule has 6 heteroatoms. The van der Waals surface area contributed by atoms with Crippen LogP contribution in [0.5, 0.6) is 17.2 Å². The van der Waals surface area contributed by atoms with Crippen molar-refractivity contribution in [3.8, 4) is 17.2 Å². The van der Waals surface area contributed by atoms with Crippen molar-refractivity contribution in [2.24, 2.45) is 0 Å². The van der Waals surface area contributed by atoms with Gasteiger partial charge in [-0.3, -0.25) is 4.79 Å². The van der Waals surface area contributed by atoms with Gasteiger partial charge in [-0.15, -0.1) is 0 Å². The van der Waals surface area contributed by atoms with Crippen LogP contribution in [0.4, 0.5) is 5.69 Å². The Morgan fingerprint density at radius 1 is 0.962 bits per heavy atom. The molecule has 0 bridgehead atoms. The van der Waals surface area contributed by atoms with Crippen LogP contribution in [-0.4, -0.2) is 25.7 Å². The number of hydrogen-bond donors (Lipinski definition) is 1. The maximum atomic E-state index is 12.7. The molecular formula is C20H24ClNO4. The summed E-state index contributed by atoms with van der Waals surface area (Å²) in [6, 6.07) is 8.75. The molecule has 140 valence electrons. The minimum Gasteiger partial charge on any atom is -0.490 e. The van der Waals surface area contributed by atoms with E-state index in [-0.39, 0.29) is 5.91 Å². The molecule has 0 unspecified atom stereocenters. The van der Waals surface area contributed by atoms with Gasteiger partial charge in [-0.25, -0.2) is 0 Å². The molecule has 2 aromatic rings. The van der Waals surface area contributed by atoms with Gasteiger partial charge in [0.25, 0.3) is 5.91 Å². The number of anilines is 1. The van der Waals surface area contributed by atoms with Gasteiger partial charge >= 0.3 is 0 Å². The largest absolute Gasteiger partial charge is 0.490 e. The maximum Gasteiger partial charge on any atom is 0.255 e. The van der Waals surface area contributed by atoms with E-state index in [2.05, 4.69) is 5.32 Å². The van der Waals surface area contributed by atoms with E-state index in [1.165, 1.54) is 0 Å². The number of hydrogen-bond acceptors (Lipinski definition) is 4. The van der Waals surface area contributed by atoms with Crippen LogP contribution in [0.3, 0.4) is 0 Å². The van der Waals surface area contributed by atoms with Crippen molar-refractivity contribution in [3.63, 3.8) is 0 Å². The topological polar surface area (TPSA) is 56.8 Å². The summed E-state index contributed by atoms with van der Waals surface area (Å²) in [6.07, 6.45) is 0. The highest BCUT2D eigenvalue weighted by Gasteiger charge is 2.19. The minimum absolute atomic E-state index is 0.305. The van der Waals surface area contributed by atoms with Crippen LogP contribution in [0.15, 0.2) is 30.3 Å². The molecule has 0 atom stereocenters. The first-order chi connectivity index (χ1) is 12.5. The molecule has 0 aliphatic heterocycles. The van der Waals surface area contributed by atoms with E-state index in [4.69, 9.17) is 25.8 Å².